The maximum Gasteiger partial charge on any atom is 0.407 e. The molecule has 0 radical (unpaired) electrons. The minimum absolute atomic E-state index is 0.590. The molecule has 1 saturated heterocycles. The van der Waals surface area contributed by atoms with Crippen LogP contribution in [0.4, 0.5) is 10.5 Å². The molecule has 1 aliphatic heterocycles. The van der Waals surface area contributed by atoms with Crippen molar-refractivity contribution in [2.24, 2.45) is 0 Å². The van der Waals surface area contributed by atoms with Crippen LogP contribution in [0.1, 0.15) is 25.3 Å². The van der Waals surface area contributed by atoms with Gasteiger partial charge < -0.3 is 14.9 Å². The molecule has 0 aliphatic carbocycles. The number of amides is 1. The lowest BCUT2D eigenvalue weighted by molar-refractivity contribution is 0.142. The van der Waals surface area contributed by atoms with Gasteiger partial charge in [0, 0.05) is 31.9 Å². The van der Waals surface area contributed by atoms with Crippen molar-refractivity contribution in [1.29, 1.82) is 0 Å². The van der Waals surface area contributed by atoms with Crippen LogP contribution in [0, 0.1) is 0 Å². The maximum absolute atomic E-state index is 10.8. The smallest absolute Gasteiger partial charge is 0.407 e. The summed E-state index contributed by atoms with van der Waals surface area (Å²) in [4.78, 5) is 14.6. The van der Waals surface area contributed by atoms with Crippen LogP contribution in [-0.4, -0.2) is 42.3 Å². The Balaban J connectivity index is 1.90. The first kappa shape index (κ1) is 13.7. The Bertz CT molecular complexity index is 409. The Morgan fingerprint density at radius 3 is 2.32 bits per heavy atom. The molecule has 0 bridgehead atoms. The van der Waals surface area contributed by atoms with Gasteiger partial charge in [0.1, 0.15) is 0 Å². The lowest BCUT2D eigenvalue weighted by atomic mass is 10.1. The molecule has 4 nitrogen and oxygen atoms in total. The van der Waals surface area contributed by atoms with Gasteiger partial charge in [-0.2, -0.15) is 0 Å². The van der Waals surface area contributed by atoms with Crippen molar-refractivity contribution in [2.75, 3.05) is 31.1 Å². The standard InChI is InChI=1S/C15H22N2O2/c1-2-3-4-13-5-7-14(8-6-13)16-9-11-17(12-10-16)15(18)19/h5-8H,2-4,9-12H2,1H3,(H,18,19). The molecule has 1 fully saturated rings. The monoisotopic (exact) mass is 262 g/mol. The van der Waals surface area contributed by atoms with Crippen LogP contribution in [-0.2, 0) is 6.42 Å². The molecule has 1 N–H and O–H groups in total. The molecule has 0 atom stereocenters. The van der Waals surface area contributed by atoms with Gasteiger partial charge in [-0.05, 0) is 30.5 Å². The predicted octanol–water partition coefficient (Wildman–Crippen LogP) is 2.83. The summed E-state index contributed by atoms with van der Waals surface area (Å²) in [7, 11) is 0. The van der Waals surface area contributed by atoms with E-state index in [-0.39, 0.29) is 0 Å². The highest BCUT2D eigenvalue weighted by Gasteiger charge is 2.20. The van der Waals surface area contributed by atoms with Crippen molar-refractivity contribution < 1.29 is 9.90 Å². The van der Waals surface area contributed by atoms with E-state index in [1.165, 1.54) is 29.0 Å². The molecule has 2 rings (SSSR count). The predicted molar refractivity (Wildman–Crippen MR) is 76.9 cm³/mol. The van der Waals surface area contributed by atoms with Crippen LogP contribution in [0.5, 0.6) is 0 Å². The first-order valence-corrected chi connectivity index (χ1v) is 7.02. The largest absolute Gasteiger partial charge is 0.465 e. The zero-order chi connectivity index (χ0) is 13.7. The van der Waals surface area contributed by atoms with Gasteiger partial charge in [-0.1, -0.05) is 25.5 Å². The minimum atomic E-state index is -0.811. The first-order chi connectivity index (χ1) is 9.20. The van der Waals surface area contributed by atoms with E-state index in [1.54, 1.807) is 0 Å². The second kappa shape index (κ2) is 6.45. The summed E-state index contributed by atoms with van der Waals surface area (Å²) in [6.45, 7) is 4.94. The van der Waals surface area contributed by atoms with Crippen LogP contribution in [0.15, 0.2) is 24.3 Å². The van der Waals surface area contributed by atoms with E-state index in [0.717, 1.165) is 19.5 Å². The van der Waals surface area contributed by atoms with Gasteiger partial charge in [0.05, 0.1) is 0 Å². The topological polar surface area (TPSA) is 43.8 Å². The van der Waals surface area contributed by atoms with E-state index in [9.17, 15) is 4.79 Å². The Labute approximate surface area is 114 Å². The van der Waals surface area contributed by atoms with E-state index < -0.39 is 6.09 Å². The van der Waals surface area contributed by atoms with Gasteiger partial charge in [0.15, 0.2) is 0 Å². The molecule has 1 amide bonds. The molecule has 0 spiro atoms. The van der Waals surface area contributed by atoms with Crippen molar-refractivity contribution in [3.8, 4) is 0 Å². The van der Waals surface area contributed by atoms with Crippen molar-refractivity contribution in [3.05, 3.63) is 29.8 Å². The van der Waals surface area contributed by atoms with Crippen molar-refractivity contribution in [2.45, 2.75) is 26.2 Å². The van der Waals surface area contributed by atoms with Gasteiger partial charge in [-0.15, -0.1) is 0 Å². The van der Waals surface area contributed by atoms with Crippen LogP contribution in [0.25, 0.3) is 0 Å². The van der Waals surface area contributed by atoms with E-state index in [2.05, 4.69) is 36.1 Å². The third-order valence-corrected chi connectivity index (χ3v) is 3.67. The first-order valence-electron chi connectivity index (χ1n) is 7.02. The summed E-state index contributed by atoms with van der Waals surface area (Å²) in [5.41, 5.74) is 2.58. The molecule has 1 aliphatic rings. The van der Waals surface area contributed by atoms with E-state index in [0.29, 0.717) is 13.1 Å². The van der Waals surface area contributed by atoms with Crippen LogP contribution in [0.3, 0.4) is 0 Å². The van der Waals surface area contributed by atoms with Crippen LogP contribution >= 0.6 is 0 Å². The Morgan fingerprint density at radius 1 is 1.16 bits per heavy atom. The highest BCUT2D eigenvalue weighted by Crippen LogP contribution is 2.18. The lowest BCUT2D eigenvalue weighted by Crippen LogP contribution is -2.48. The lowest BCUT2D eigenvalue weighted by Gasteiger charge is -2.34. The van der Waals surface area contributed by atoms with E-state index >= 15 is 0 Å². The maximum atomic E-state index is 10.8. The summed E-state index contributed by atoms with van der Waals surface area (Å²) < 4.78 is 0. The molecule has 19 heavy (non-hydrogen) atoms. The number of rotatable bonds is 4. The van der Waals surface area contributed by atoms with Crippen LogP contribution < -0.4 is 4.90 Å². The molecule has 1 aromatic rings. The van der Waals surface area contributed by atoms with Gasteiger partial charge >= 0.3 is 6.09 Å². The van der Waals surface area contributed by atoms with E-state index in [1.807, 2.05) is 0 Å². The summed E-state index contributed by atoms with van der Waals surface area (Å²) >= 11 is 0. The molecule has 4 heteroatoms. The quantitative estimate of drug-likeness (QED) is 0.907. The van der Waals surface area contributed by atoms with Gasteiger partial charge in [0.25, 0.3) is 0 Å². The van der Waals surface area contributed by atoms with Crippen LogP contribution in [0.2, 0.25) is 0 Å². The number of nitrogens with zero attached hydrogens (tertiary/aromatic N) is 2. The zero-order valence-corrected chi connectivity index (χ0v) is 11.5. The molecule has 0 unspecified atom stereocenters. The van der Waals surface area contributed by atoms with Gasteiger partial charge in [-0.25, -0.2) is 4.79 Å². The zero-order valence-electron chi connectivity index (χ0n) is 11.5. The fourth-order valence-electron chi connectivity index (χ4n) is 2.41. The van der Waals surface area contributed by atoms with Crippen molar-refractivity contribution in [3.63, 3.8) is 0 Å². The number of hydrogen-bond donors (Lipinski definition) is 1. The summed E-state index contributed by atoms with van der Waals surface area (Å²) in [6.07, 6.45) is 2.79. The number of aryl methyl sites for hydroxylation is 1. The molecular weight excluding hydrogens is 240 g/mol. The second-order valence-corrected chi connectivity index (χ2v) is 5.03. The molecule has 0 aromatic heterocycles. The second-order valence-electron chi connectivity index (χ2n) is 5.03. The normalized spacial score (nSPS) is 15.6. The summed E-state index contributed by atoms with van der Waals surface area (Å²) in [5.74, 6) is 0. The molecule has 1 aromatic carbocycles. The minimum Gasteiger partial charge on any atom is -0.465 e. The summed E-state index contributed by atoms with van der Waals surface area (Å²) in [5, 5.41) is 8.92. The van der Waals surface area contributed by atoms with Gasteiger partial charge in [-0.3, -0.25) is 0 Å². The number of anilines is 1. The average Bonchev–Trinajstić information content (AvgIpc) is 2.46. The Hall–Kier alpha value is -1.71. The number of carbonyl (C=O) groups is 1. The molecule has 0 saturated carbocycles. The number of carboxylic acid groups (broad SMARTS) is 1. The third kappa shape index (κ3) is 3.63. The SMILES string of the molecule is CCCCc1ccc(N2CCN(C(=O)O)CC2)cc1. The fourth-order valence-corrected chi connectivity index (χ4v) is 2.41. The Morgan fingerprint density at radius 2 is 1.79 bits per heavy atom. The molecule has 104 valence electrons. The summed E-state index contributed by atoms with van der Waals surface area (Å²) in [6, 6.07) is 8.69. The molecule has 1 heterocycles. The Kier molecular flexibility index (Phi) is 4.66. The number of unbranched alkanes of at least 4 members (excludes halogenated alkanes) is 1. The van der Waals surface area contributed by atoms with E-state index in [4.69, 9.17) is 5.11 Å². The van der Waals surface area contributed by atoms with Crippen molar-refractivity contribution >= 4 is 11.8 Å². The van der Waals surface area contributed by atoms with Gasteiger partial charge in [0.2, 0.25) is 0 Å². The number of piperazine rings is 1. The molecular formula is C15H22N2O2. The van der Waals surface area contributed by atoms with Crippen molar-refractivity contribution in [1.82, 2.24) is 4.90 Å². The fraction of sp³-hybridized carbons (Fsp3) is 0.533. The number of hydrogen-bond acceptors (Lipinski definition) is 2. The number of benzene rings is 1. The third-order valence-electron chi connectivity index (χ3n) is 3.67. The average molecular weight is 262 g/mol. The highest BCUT2D eigenvalue weighted by molar-refractivity contribution is 5.65. The highest BCUT2D eigenvalue weighted by atomic mass is 16.4.